The Bertz CT molecular complexity index is 590. The van der Waals surface area contributed by atoms with Gasteiger partial charge in [0, 0.05) is 12.5 Å². The molecule has 1 fully saturated rings. The highest BCUT2D eigenvalue weighted by Gasteiger charge is 2.32. The Labute approximate surface area is 120 Å². The van der Waals surface area contributed by atoms with Gasteiger partial charge in [-0.2, -0.15) is 0 Å². The van der Waals surface area contributed by atoms with E-state index in [9.17, 15) is 18.4 Å². The predicted molar refractivity (Wildman–Crippen MR) is 72.8 cm³/mol. The van der Waals surface area contributed by atoms with E-state index in [0.29, 0.717) is 5.69 Å². The van der Waals surface area contributed by atoms with Crippen molar-refractivity contribution in [3.63, 3.8) is 0 Å². The van der Waals surface area contributed by atoms with E-state index in [2.05, 4.69) is 5.32 Å². The van der Waals surface area contributed by atoms with Crippen LogP contribution >= 0.6 is 0 Å². The highest BCUT2D eigenvalue weighted by molar-refractivity contribution is 5.90. The third kappa shape index (κ3) is 3.56. The van der Waals surface area contributed by atoms with Crippen LogP contribution in [0, 0.1) is 5.82 Å². The van der Waals surface area contributed by atoms with Crippen LogP contribution in [0.2, 0.25) is 0 Å². The maximum atomic E-state index is 13.7. The Morgan fingerprint density at radius 1 is 1.57 bits per heavy atom. The van der Waals surface area contributed by atoms with Crippen molar-refractivity contribution < 1.29 is 23.1 Å². The van der Waals surface area contributed by atoms with Gasteiger partial charge in [-0.1, -0.05) is 0 Å². The fourth-order valence-corrected chi connectivity index (χ4v) is 1.98. The van der Waals surface area contributed by atoms with Crippen molar-refractivity contribution >= 4 is 23.8 Å². The maximum Gasteiger partial charge on any atom is 0.414 e. The van der Waals surface area contributed by atoms with Crippen LogP contribution < -0.4 is 10.2 Å². The Morgan fingerprint density at radius 3 is 2.95 bits per heavy atom. The summed E-state index contributed by atoms with van der Waals surface area (Å²) in [5, 5.41) is 2.55. The molecule has 21 heavy (non-hydrogen) atoms. The molecule has 0 spiro atoms. The van der Waals surface area contributed by atoms with Gasteiger partial charge in [0.15, 0.2) is 0 Å². The molecule has 5 nitrogen and oxygen atoms in total. The van der Waals surface area contributed by atoms with E-state index in [1.165, 1.54) is 24.0 Å². The maximum absolute atomic E-state index is 13.7. The fourth-order valence-electron chi connectivity index (χ4n) is 1.98. The molecule has 1 saturated heterocycles. The number of ether oxygens (including phenoxy) is 1. The monoisotopic (exact) mass is 296 g/mol. The first-order chi connectivity index (χ1) is 10.0. The van der Waals surface area contributed by atoms with Crippen molar-refractivity contribution in [2.24, 2.45) is 0 Å². The van der Waals surface area contributed by atoms with E-state index >= 15 is 0 Å². The smallest absolute Gasteiger partial charge is 0.414 e. The zero-order valence-electron chi connectivity index (χ0n) is 11.3. The summed E-state index contributed by atoms with van der Waals surface area (Å²) in [5.41, 5.74) is 0.405. The summed E-state index contributed by atoms with van der Waals surface area (Å²) in [6.07, 6.45) is 0.126. The minimum atomic E-state index is -0.639. The summed E-state index contributed by atoms with van der Waals surface area (Å²) < 4.78 is 30.8. The van der Waals surface area contributed by atoms with Crippen molar-refractivity contribution in [1.29, 1.82) is 0 Å². The van der Waals surface area contributed by atoms with Crippen molar-refractivity contribution in [1.82, 2.24) is 5.32 Å². The summed E-state index contributed by atoms with van der Waals surface area (Å²) >= 11 is 0. The van der Waals surface area contributed by atoms with Crippen molar-refractivity contribution in [2.75, 3.05) is 18.0 Å². The van der Waals surface area contributed by atoms with Crippen LogP contribution in [0.25, 0.3) is 6.08 Å². The lowest BCUT2D eigenvalue weighted by Crippen LogP contribution is -2.33. The molecule has 1 aliphatic heterocycles. The van der Waals surface area contributed by atoms with Gasteiger partial charge in [0.05, 0.1) is 25.1 Å². The number of anilines is 1. The average Bonchev–Trinajstić information content (AvgIpc) is 2.80. The van der Waals surface area contributed by atoms with Crippen molar-refractivity contribution in [3.8, 4) is 0 Å². The van der Waals surface area contributed by atoms with Crippen LogP contribution in [0.15, 0.2) is 24.5 Å². The number of amides is 2. The summed E-state index contributed by atoms with van der Waals surface area (Å²) in [7, 11) is 0. The fraction of sp³-hybridized carbons (Fsp3) is 0.286. The van der Waals surface area contributed by atoms with E-state index in [-0.39, 0.29) is 30.9 Å². The molecule has 2 rings (SSSR count). The average molecular weight is 296 g/mol. The lowest BCUT2D eigenvalue weighted by molar-refractivity contribution is -0.119. The van der Waals surface area contributed by atoms with E-state index in [0.717, 1.165) is 12.1 Å². The Kier molecular flexibility index (Phi) is 4.52. The molecule has 7 heteroatoms. The summed E-state index contributed by atoms with van der Waals surface area (Å²) in [6, 6.07) is 4.01. The number of rotatable bonds is 4. The highest BCUT2D eigenvalue weighted by Crippen LogP contribution is 2.24. The number of nitrogens with zero attached hydrogens (tertiary/aromatic N) is 1. The van der Waals surface area contributed by atoms with Gasteiger partial charge in [0.1, 0.15) is 11.9 Å². The summed E-state index contributed by atoms with van der Waals surface area (Å²) in [5.74, 6) is -0.864. The second-order valence-corrected chi connectivity index (χ2v) is 4.55. The van der Waals surface area contributed by atoms with Gasteiger partial charge in [-0.15, -0.1) is 0 Å². The molecule has 1 atom stereocenters. The van der Waals surface area contributed by atoms with Crippen LogP contribution in [-0.2, 0) is 9.53 Å². The highest BCUT2D eigenvalue weighted by atomic mass is 19.1. The Balaban J connectivity index is 2.10. The number of benzene rings is 1. The first-order valence-corrected chi connectivity index (χ1v) is 6.30. The van der Waals surface area contributed by atoms with E-state index in [1.54, 1.807) is 0 Å². The number of carbonyl (C=O) groups is 2. The quantitative estimate of drug-likeness (QED) is 0.927. The van der Waals surface area contributed by atoms with Gasteiger partial charge >= 0.3 is 6.09 Å². The lowest BCUT2D eigenvalue weighted by atomic mass is 10.2. The van der Waals surface area contributed by atoms with Gasteiger partial charge in [-0.3, -0.25) is 9.69 Å². The first kappa shape index (κ1) is 15.0. The van der Waals surface area contributed by atoms with Gasteiger partial charge in [-0.25, -0.2) is 13.6 Å². The van der Waals surface area contributed by atoms with Crippen LogP contribution in [0.5, 0.6) is 0 Å². The van der Waals surface area contributed by atoms with E-state index in [1.807, 2.05) is 0 Å². The minimum Gasteiger partial charge on any atom is -0.442 e. The third-order valence-electron chi connectivity index (χ3n) is 2.99. The second-order valence-electron chi connectivity index (χ2n) is 4.55. The molecule has 0 radical (unpaired) electrons. The number of hydrogen-bond donors (Lipinski definition) is 1. The van der Waals surface area contributed by atoms with Crippen molar-refractivity contribution in [2.45, 2.75) is 13.0 Å². The number of nitrogens with one attached hydrogen (secondary N) is 1. The Hall–Kier alpha value is -2.44. The van der Waals surface area contributed by atoms with Crippen LogP contribution in [0.1, 0.15) is 12.5 Å². The van der Waals surface area contributed by atoms with Crippen molar-refractivity contribution in [3.05, 3.63) is 35.9 Å². The van der Waals surface area contributed by atoms with Crippen LogP contribution in [0.3, 0.4) is 0 Å². The number of hydrogen-bond acceptors (Lipinski definition) is 3. The molecule has 0 aromatic heterocycles. The van der Waals surface area contributed by atoms with Crippen LogP contribution in [0.4, 0.5) is 19.3 Å². The molecule has 1 aromatic rings. The van der Waals surface area contributed by atoms with Crippen LogP contribution in [-0.4, -0.2) is 31.2 Å². The zero-order valence-corrected chi connectivity index (χ0v) is 11.3. The number of carbonyl (C=O) groups excluding carboxylic acids is 2. The van der Waals surface area contributed by atoms with Gasteiger partial charge in [0.2, 0.25) is 5.91 Å². The molecule has 0 bridgehead atoms. The van der Waals surface area contributed by atoms with Gasteiger partial charge < -0.3 is 10.1 Å². The molecule has 0 aliphatic carbocycles. The molecule has 2 amide bonds. The lowest BCUT2D eigenvalue weighted by Gasteiger charge is -2.13. The third-order valence-corrected chi connectivity index (χ3v) is 2.99. The standard InChI is InChI=1S/C14H14F2N2O3/c1-9(19)17-7-12-8-18(14(20)21-12)11-3-2-10(4-5-15)13(16)6-11/h2-6,12H,7-8H2,1H3,(H,17,19)/t12-/m0/s1. The first-order valence-electron chi connectivity index (χ1n) is 6.30. The molecule has 1 N–H and O–H groups in total. The van der Waals surface area contributed by atoms with E-state index in [4.69, 9.17) is 4.74 Å². The summed E-state index contributed by atoms with van der Waals surface area (Å²) in [6.45, 7) is 1.76. The molecule has 1 heterocycles. The predicted octanol–water partition coefficient (Wildman–Crippen LogP) is 2.23. The molecular formula is C14H14F2N2O3. The van der Waals surface area contributed by atoms with E-state index < -0.39 is 18.0 Å². The minimum absolute atomic E-state index is 0.0867. The molecule has 0 saturated carbocycles. The Morgan fingerprint density at radius 2 is 2.33 bits per heavy atom. The van der Waals surface area contributed by atoms with Gasteiger partial charge in [0.25, 0.3) is 0 Å². The second kappa shape index (κ2) is 6.34. The molecular weight excluding hydrogens is 282 g/mol. The number of cyclic esters (lactones) is 1. The van der Waals surface area contributed by atoms with Gasteiger partial charge in [-0.05, 0) is 24.3 Å². The summed E-state index contributed by atoms with van der Waals surface area (Å²) in [4.78, 5) is 23.8. The largest absolute Gasteiger partial charge is 0.442 e. The normalized spacial score (nSPS) is 18.1. The zero-order chi connectivity index (χ0) is 15.4. The number of halogens is 2. The SMILES string of the molecule is CC(=O)NC[C@H]1CN(c2ccc(C=CF)c(F)c2)C(=O)O1. The topological polar surface area (TPSA) is 58.6 Å². The molecule has 112 valence electrons. The molecule has 1 aromatic carbocycles. The molecule has 1 aliphatic rings. The molecule has 0 unspecified atom stereocenters.